The van der Waals surface area contributed by atoms with Gasteiger partial charge < -0.3 is 10.0 Å². The number of phenolic OH excluding ortho intramolecular Hbond substituents is 1. The maximum absolute atomic E-state index is 10.9. The van der Waals surface area contributed by atoms with Gasteiger partial charge in [-0.2, -0.15) is 0 Å². The summed E-state index contributed by atoms with van der Waals surface area (Å²) >= 11 is 0. The fraction of sp³-hybridized carbons (Fsp3) is 0.520. The predicted octanol–water partition coefficient (Wildman–Crippen LogP) is 6.47. The number of likely N-dealkylation sites (tertiary alicyclic amines) is 1. The van der Waals surface area contributed by atoms with E-state index in [1.807, 2.05) is 12.1 Å². The Hall–Kier alpha value is -1.51. The molecule has 1 N–H and O–H groups in total. The number of halogens is 1. The number of unbranched alkanes of at least 4 members (excludes halogenated alkanes) is 2. The van der Waals surface area contributed by atoms with Gasteiger partial charge in [0, 0.05) is 11.0 Å². The van der Waals surface area contributed by atoms with E-state index >= 15 is 0 Å². The first-order valence-corrected chi connectivity index (χ1v) is 10.7. The Kier molecular flexibility index (Phi) is 8.85. The molecular weight excluding hydrogens is 366 g/mol. The minimum Gasteiger partial charge on any atom is -0.508 e. The summed E-state index contributed by atoms with van der Waals surface area (Å²) in [5, 5.41) is 10.9. The van der Waals surface area contributed by atoms with E-state index in [9.17, 15) is 5.11 Å². The number of hydrogen-bond acceptors (Lipinski definition) is 2. The summed E-state index contributed by atoms with van der Waals surface area (Å²) < 4.78 is 0. The fourth-order valence-corrected chi connectivity index (χ4v) is 4.66. The van der Waals surface area contributed by atoms with E-state index < -0.39 is 0 Å². The molecule has 1 unspecified atom stereocenters. The summed E-state index contributed by atoms with van der Waals surface area (Å²) in [4.78, 5) is 2.60. The predicted molar refractivity (Wildman–Crippen MR) is 122 cm³/mol. The maximum Gasteiger partial charge on any atom is 0.119 e. The van der Waals surface area contributed by atoms with Crippen LogP contribution in [0, 0.1) is 6.92 Å². The number of aromatic hydroxyl groups is 1. The Morgan fingerprint density at radius 1 is 0.964 bits per heavy atom. The average Bonchev–Trinajstić information content (AvgIpc) is 3.21. The highest BCUT2D eigenvalue weighted by Gasteiger charge is 2.36. The number of aryl methyl sites for hydroxylation is 1. The van der Waals surface area contributed by atoms with Crippen LogP contribution in [-0.4, -0.2) is 29.6 Å². The molecule has 1 aliphatic rings. The van der Waals surface area contributed by atoms with Gasteiger partial charge in [0.25, 0.3) is 0 Å². The molecule has 0 bridgehead atoms. The van der Waals surface area contributed by atoms with Crippen molar-refractivity contribution in [1.82, 2.24) is 4.90 Å². The Bertz CT molecular complexity index is 712. The summed E-state index contributed by atoms with van der Waals surface area (Å²) in [5.74, 6) is 0.447. The normalized spacial score (nSPS) is 16.5. The molecule has 2 aromatic carbocycles. The van der Waals surface area contributed by atoms with E-state index in [-0.39, 0.29) is 17.8 Å². The van der Waals surface area contributed by atoms with Crippen molar-refractivity contribution in [3.05, 3.63) is 65.2 Å². The van der Waals surface area contributed by atoms with Gasteiger partial charge in [-0.15, -0.1) is 12.4 Å². The van der Waals surface area contributed by atoms with E-state index in [1.54, 1.807) is 0 Å². The van der Waals surface area contributed by atoms with E-state index in [1.165, 1.54) is 56.3 Å². The van der Waals surface area contributed by atoms with Crippen LogP contribution in [-0.2, 0) is 5.41 Å². The quantitative estimate of drug-likeness (QED) is 0.486. The van der Waals surface area contributed by atoms with Gasteiger partial charge in [0.05, 0.1) is 0 Å². The molecule has 1 aliphatic heterocycles. The monoisotopic (exact) mass is 401 g/mol. The Balaban J connectivity index is 0.00000280. The minimum absolute atomic E-state index is 0. The molecule has 0 radical (unpaired) electrons. The fourth-order valence-electron chi connectivity index (χ4n) is 4.66. The minimum atomic E-state index is -0.116. The molecule has 3 heteroatoms. The molecule has 1 fully saturated rings. The van der Waals surface area contributed by atoms with Crippen molar-refractivity contribution in [2.75, 3.05) is 19.6 Å². The van der Waals surface area contributed by atoms with Crippen molar-refractivity contribution in [2.45, 2.75) is 64.2 Å². The van der Waals surface area contributed by atoms with Crippen LogP contribution in [0.2, 0.25) is 0 Å². The third-order valence-corrected chi connectivity index (χ3v) is 6.25. The molecule has 0 aromatic heterocycles. The molecule has 2 nitrogen and oxygen atoms in total. The largest absolute Gasteiger partial charge is 0.508 e. The van der Waals surface area contributed by atoms with Crippen LogP contribution in [0.3, 0.4) is 0 Å². The van der Waals surface area contributed by atoms with E-state index in [0.717, 1.165) is 24.9 Å². The highest BCUT2D eigenvalue weighted by atomic mass is 35.5. The molecule has 3 rings (SSSR count). The second kappa shape index (κ2) is 10.9. The molecular formula is C25H36ClNO. The summed E-state index contributed by atoms with van der Waals surface area (Å²) in [6.07, 6.45) is 8.46. The number of phenols is 1. The van der Waals surface area contributed by atoms with Gasteiger partial charge in [0.1, 0.15) is 5.75 Å². The van der Waals surface area contributed by atoms with Gasteiger partial charge in [-0.1, -0.05) is 74.2 Å². The molecule has 154 valence electrons. The van der Waals surface area contributed by atoms with Crippen molar-refractivity contribution >= 4 is 12.4 Å². The van der Waals surface area contributed by atoms with Crippen molar-refractivity contribution in [3.8, 4) is 5.75 Å². The Labute approximate surface area is 177 Å². The zero-order chi connectivity index (χ0) is 19.1. The number of benzene rings is 2. The number of rotatable bonds is 9. The standard InChI is InChI=1S/C25H35NO.ClH/c1-3-4-8-15-25(22-11-6-5-7-12-22,16-19-26-17-9-10-18-26)23-20-21(2)13-14-24(23)27;/h5-7,11-14,20,27H,3-4,8-10,15-19H2,1-2H3;1H. The first kappa shape index (κ1) is 22.8. The van der Waals surface area contributed by atoms with Crippen LogP contribution in [0.25, 0.3) is 0 Å². The van der Waals surface area contributed by atoms with Crippen molar-refractivity contribution < 1.29 is 5.11 Å². The summed E-state index contributed by atoms with van der Waals surface area (Å²) in [7, 11) is 0. The van der Waals surface area contributed by atoms with Crippen molar-refractivity contribution in [1.29, 1.82) is 0 Å². The first-order valence-electron chi connectivity index (χ1n) is 10.7. The number of nitrogens with zero attached hydrogens (tertiary/aromatic N) is 1. The SMILES string of the molecule is CCCCCC(CCN1CCCC1)(c1ccccc1)c1cc(C)ccc1O.Cl. The lowest BCUT2D eigenvalue weighted by Crippen LogP contribution is -2.34. The highest BCUT2D eigenvalue weighted by Crippen LogP contribution is 2.44. The lowest BCUT2D eigenvalue weighted by Gasteiger charge is -2.37. The van der Waals surface area contributed by atoms with Gasteiger partial charge >= 0.3 is 0 Å². The first-order chi connectivity index (χ1) is 13.2. The Morgan fingerprint density at radius 3 is 2.36 bits per heavy atom. The van der Waals surface area contributed by atoms with Crippen LogP contribution in [0.15, 0.2) is 48.5 Å². The maximum atomic E-state index is 10.9. The molecule has 1 heterocycles. The van der Waals surface area contributed by atoms with Crippen LogP contribution in [0.5, 0.6) is 5.75 Å². The lowest BCUT2D eigenvalue weighted by molar-refractivity contribution is 0.283. The summed E-state index contributed by atoms with van der Waals surface area (Å²) in [6, 6.07) is 17.0. The zero-order valence-electron chi connectivity index (χ0n) is 17.5. The third-order valence-electron chi connectivity index (χ3n) is 6.25. The molecule has 0 saturated carbocycles. The van der Waals surface area contributed by atoms with Crippen molar-refractivity contribution in [3.63, 3.8) is 0 Å². The molecule has 28 heavy (non-hydrogen) atoms. The smallest absolute Gasteiger partial charge is 0.119 e. The van der Waals surface area contributed by atoms with Gasteiger partial charge in [-0.3, -0.25) is 0 Å². The second-order valence-corrected chi connectivity index (χ2v) is 8.22. The average molecular weight is 402 g/mol. The topological polar surface area (TPSA) is 23.5 Å². The van der Waals surface area contributed by atoms with Gasteiger partial charge in [0.2, 0.25) is 0 Å². The van der Waals surface area contributed by atoms with E-state index in [2.05, 4.69) is 55.1 Å². The van der Waals surface area contributed by atoms with Crippen LogP contribution < -0.4 is 0 Å². The Morgan fingerprint density at radius 2 is 1.68 bits per heavy atom. The van der Waals surface area contributed by atoms with Crippen LogP contribution in [0.1, 0.15) is 68.6 Å². The van der Waals surface area contributed by atoms with Gasteiger partial charge in [-0.05, 0) is 63.9 Å². The van der Waals surface area contributed by atoms with Gasteiger partial charge in [-0.25, -0.2) is 0 Å². The molecule has 0 spiro atoms. The molecule has 2 aromatic rings. The molecule has 1 saturated heterocycles. The molecule has 1 atom stereocenters. The third kappa shape index (κ3) is 5.30. The van der Waals surface area contributed by atoms with Gasteiger partial charge in [0.15, 0.2) is 0 Å². The summed E-state index contributed by atoms with van der Waals surface area (Å²) in [5.41, 5.74) is 3.57. The summed E-state index contributed by atoms with van der Waals surface area (Å²) in [6.45, 7) is 7.94. The zero-order valence-corrected chi connectivity index (χ0v) is 18.3. The van der Waals surface area contributed by atoms with Crippen molar-refractivity contribution in [2.24, 2.45) is 0 Å². The van der Waals surface area contributed by atoms with E-state index in [0.29, 0.717) is 5.75 Å². The second-order valence-electron chi connectivity index (χ2n) is 8.22. The van der Waals surface area contributed by atoms with Crippen LogP contribution in [0.4, 0.5) is 0 Å². The molecule has 0 amide bonds. The lowest BCUT2D eigenvalue weighted by atomic mass is 9.68. The highest BCUT2D eigenvalue weighted by molar-refractivity contribution is 5.85. The van der Waals surface area contributed by atoms with E-state index in [4.69, 9.17) is 0 Å². The van der Waals surface area contributed by atoms with Crippen LogP contribution >= 0.6 is 12.4 Å². The molecule has 0 aliphatic carbocycles. The number of hydrogen-bond donors (Lipinski definition) is 1.